The number of halogens is 4. The summed E-state index contributed by atoms with van der Waals surface area (Å²) in [4.78, 5) is 2.86. The van der Waals surface area contributed by atoms with Gasteiger partial charge in [-0.1, -0.05) is 0 Å². The highest BCUT2D eigenvalue weighted by Gasteiger charge is 2.20. The molecule has 10 heavy (non-hydrogen) atoms. The van der Waals surface area contributed by atoms with Crippen LogP contribution in [0.3, 0.4) is 0 Å². The topological polar surface area (TPSA) is 15.8 Å². The van der Waals surface area contributed by atoms with Crippen molar-refractivity contribution < 1.29 is 17.3 Å². The zero-order valence-electron chi connectivity index (χ0n) is 4.90. The summed E-state index contributed by atoms with van der Waals surface area (Å²) in [6.45, 7) is 0. The van der Waals surface area contributed by atoms with E-state index in [4.69, 9.17) is 0 Å². The summed E-state index contributed by atoms with van der Waals surface area (Å²) < 4.78 is 39.0. The van der Waals surface area contributed by atoms with Crippen LogP contribution in [0.25, 0.3) is 0 Å². The molecule has 0 aliphatic heterocycles. The largest absolute Gasteiger partial charge is 0.673 e. The Labute approximate surface area is 55.2 Å². The van der Waals surface area contributed by atoms with Crippen LogP contribution in [0.1, 0.15) is 0 Å². The van der Waals surface area contributed by atoms with E-state index in [0.29, 0.717) is 0 Å². The quantitative estimate of drug-likeness (QED) is 0.435. The molecule has 0 radical (unpaired) electrons. The van der Waals surface area contributed by atoms with Crippen LogP contribution in [0, 0.1) is 0 Å². The normalized spacial score (nSPS) is 10.0. The van der Waals surface area contributed by atoms with Crippen molar-refractivity contribution in [3.05, 3.63) is 24.5 Å². The molecule has 1 nitrogen and oxygen atoms in total. The maximum atomic E-state index is 9.75. The molecule has 6 heteroatoms. The fourth-order valence-corrected chi connectivity index (χ4v) is 0.278. The van der Waals surface area contributed by atoms with Crippen LogP contribution in [0.2, 0.25) is 0 Å². The van der Waals surface area contributed by atoms with Crippen molar-refractivity contribution in [2.45, 2.75) is 0 Å². The van der Waals surface area contributed by atoms with Crippen molar-refractivity contribution in [1.82, 2.24) is 4.98 Å². The van der Waals surface area contributed by atoms with Crippen LogP contribution < -0.4 is 0 Å². The second kappa shape index (κ2) is 3.97. The van der Waals surface area contributed by atoms with Gasteiger partial charge in [-0.25, -0.2) is 0 Å². The van der Waals surface area contributed by atoms with Crippen LogP contribution in [0.15, 0.2) is 24.5 Å². The first kappa shape index (κ1) is 9.06. The van der Waals surface area contributed by atoms with E-state index in [1.807, 2.05) is 24.5 Å². The van der Waals surface area contributed by atoms with Crippen LogP contribution in [0.4, 0.5) is 17.3 Å². The SMILES string of the molecule is F[B-](F)(F)F.c1cc[nH]c1. The lowest BCUT2D eigenvalue weighted by molar-refractivity contribution is 0.368. The molecule has 0 spiro atoms. The number of H-pyrrole nitrogens is 1. The molecule has 0 aromatic carbocycles. The van der Waals surface area contributed by atoms with Gasteiger partial charge in [0, 0.05) is 12.4 Å². The Kier molecular flexibility index (Phi) is 3.60. The van der Waals surface area contributed by atoms with Gasteiger partial charge in [-0.05, 0) is 12.1 Å². The summed E-state index contributed by atoms with van der Waals surface area (Å²) in [6.07, 6.45) is 3.75. The molecule has 0 saturated carbocycles. The third-order valence-electron chi connectivity index (χ3n) is 0.496. The van der Waals surface area contributed by atoms with E-state index >= 15 is 0 Å². The van der Waals surface area contributed by atoms with Gasteiger partial charge >= 0.3 is 7.25 Å². The molecule has 58 valence electrons. The van der Waals surface area contributed by atoms with Gasteiger partial charge in [0.1, 0.15) is 0 Å². The predicted molar refractivity (Wildman–Crippen MR) is 31.0 cm³/mol. The molecular weight excluding hydrogens is 149 g/mol. The highest BCUT2D eigenvalue weighted by Crippen LogP contribution is 2.06. The molecule has 0 aliphatic carbocycles. The lowest BCUT2D eigenvalue weighted by atomic mass is 10.3. The molecule has 0 unspecified atom stereocenters. The molecule has 1 aromatic rings. The van der Waals surface area contributed by atoms with Crippen molar-refractivity contribution in [2.24, 2.45) is 0 Å². The summed E-state index contributed by atoms with van der Waals surface area (Å²) in [7, 11) is -6.00. The van der Waals surface area contributed by atoms with E-state index in [1.165, 1.54) is 0 Å². The average molecular weight is 154 g/mol. The molecule has 0 saturated heterocycles. The minimum Gasteiger partial charge on any atom is -0.418 e. The summed E-state index contributed by atoms with van der Waals surface area (Å²) in [5.74, 6) is 0. The van der Waals surface area contributed by atoms with Gasteiger partial charge in [0.25, 0.3) is 0 Å². The van der Waals surface area contributed by atoms with E-state index in [-0.39, 0.29) is 0 Å². The molecule has 1 rings (SSSR count). The first-order valence-corrected chi connectivity index (χ1v) is 2.45. The van der Waals surface area contributed by atoms with E-state index in [1.54, 1.807) is 0 Å². The lowest BCUT2D eigenvalue weighted by Gasteiger charge is -1.94. The zero-order valence-corrected chi connectivity index (χ0v) is 4.90. The van der Waals surface area contributed by atoms with E-state index in [0.717, 1.165) is 0 Å². The Morgan fingerprint density at radius 3 is 1.30 bits per heavy atom. The molecule has 0 bridgehead atoms. The summed E-state index contributed by atoms with van der Waals surface area (Å²) in [6, 6.07) is 3.89. The molecule has 0 fully saturated rings. The molecule has 0 amide bonds. The van der Waals surface area contributed by atoms with Gasteiger partial charge in [0.15, 0.2) is 0 Å². The fourth-order valence-electron chi connectivity index (χ4n) is 0.278. The highest BCUT2D eigenvalue weighted by molar-refractivity contribution is 6.50. The Balaban J connectivity index is 0.000000162. The Bertz CT molecular complexity index is 124. The third-order valence-corrected chi connectivity index (χ3v) is 0.496. The molecule has 0 atom stereocenters. The number of hydrogen-bond acceptors (Lipinski definition) is 0. The smallest absolute Gasteiger partial charge is 0.418 e. The van der Waals surface area contributed by atoms with Crippen LogP contribution in [-0.4, -0.2) is 12.2 Å². The fraction of sp³-hybridized carbons (Fsp3) is 0. The minimum atomic E-state index is -6.00. The van der Waals surface area contributed by atoms with Gasteiger partial charge in [0.05, 0.1) is 0 Å². The van der Waals surface area contributed by atoms with Gasteiger partial charge in [-0.3, -0.25) is 0 Å². The standard InChI is InChI=1S/C4H5N.BF4/c1-2-4-5-3-1;2-1(3,4)5/h1-5H;/q;-1. The van der Waals surface area contributed by atoms with Crippen molar-refractivity contribution in [1.29, 1.82) is 0 Å². The summed E-state index contributed by atoms with van der Waals surface area (Å²) >= 11 is 0. The second-order valence-electron chi connectivity index (χ2n) is 1.38. The van der Waals surface area contributed by atoms with Gasteiger partial charge in [-0.15, -0.1) is 0 Å². The molecule has 0 aliphatic rings. The van der Waals surface area contributed by atoms with E-state index in [9.17, 15) is 17.3 Å². The number of aromatic amines is 1. The Morgan fingerprint density at radius 1 is 0.900 bits per heavy atom. The molecule has 1 heterocycles. The molecular formula is C4H5BF4N-. The lowest BCUT2D eigenvalue weighted by Crippen LogP contribution is -2.02. The first-order valence-electron chi connectivity index (χ1n) is 2.45. The predicted octanol–water partition coefficient (Wildman–Crippen LogP) is 2.31. The van der Waals surface area contributed by atoms with Gasteiger partial charge < -0.3 is 22.2 Å². The zero-order chi connectivity index (χ0) is 8.04. The second-order valence-corrected chi connectivity index (χ2v) is 1.38. The molecule has 1 N–H and O–H groups in total. The molecule has 1 aromatic heterocycles. The van der Waals surface area contributed by atoms with Gasteiger partial charge in [0.2, 0.25) is 0 Å². The maximum absolute atomic E-state index is 9.75. The Hall–Kier alpha value is -0.935. The summed E-state index contributed by atoms with van der Waals surface area (Å²) in [5, 5.41) is 0. The number of hydrogen-bond donors (Lipinski definition) is 1. The number of nitrogens with one attached hydrogen (secondary N) is 1. The maximum Gasteiger partial charge on any atom is 0.673 e. The van der Waals surface area contributed by atoms with E-state index < -0.39 is 7.25 Å². The third kappa shape index (κ3) is 15.7. The van der Waals surface area contributed by atoms with Crippen molar-refractivity contribution in [3.8, 4) is 0 Å². The number of aromatic nitrogens is 1. The average Bonchev–Trinajstić information content (AvgIpc) is 2.07. The summed E-state index contributed by atoms with van der Waals surface area (Å²) in [5.41, 5.74) is 0. The Morgan fingerprint density at radius 2 is 1.20 bits per heavy atom. The van der Waals surface area contributed by atoms with Crippen LogP contribution in [0.5, 0.6) is 0 Å². The van der Waals surface area contributed by atoms with Crippen LogP contribution in [-0.2, 0) is 0 Å². The van der Waals surface area contributed by atoms with Gasteiger partial charge in [-0.2, -0.15) is 0 Å². The minimum absolute atomic E-state index is 1.88. The highest BCUT2D eigenvalue weighted by atomic mass is 19.5. The van der Waals surface area contributed by atoms with Crippen molar-refractivity contribution in [3.63, 3.8) is 0 Å². The van der Waals surface area contributed by atoms with Crippen molar-refractivity contribution in [2.75, 3.05) is 0 Å². The first-order chi connectivity index (χ1) is 4.50. The van der Waals surface area contributed by atoms with Crippen molar-refractivity contribution >= 4 is 7.25 Å². The number of rotatable bonds is 0. The van der Waals surface area contributed by atoms with Crippen LogP contribution >= 0.6 is 0 Å². The monoisotopic (exact) mass is 154 g/mol. The van der Waals surface area contributed by atoms with E-state index in [2.05, 4.69) is 4.98 Å².